The van der Waals surface area contributed by atoms with E-state index in [4.69, 9.17) is 32.9 Å². The zero-order chi connectivity index (χ0) is 19.9. The van der Waals surface area contributed by atoms with Crippen LogP contribution in [-0.2, 0) is 22.5 Å². The summed E-state index contributed by atoms with van der Waals surface area (Å²) in [6, 6.07) is 4.66. The number of benzene rings is 1. The average molecular weight is 419 g/mol. The maximum atomic E-state index is 12.5. The van der Waals surface area contributed by atoms with Gasteiger partial charge in [-0.05, 0) is 48.9 Å². The van der Waals surface area contributed by atoms with E-state index < -0.39 is 11.7 Å². The summed E-state index contributed by atoms with van der Waals surface area (Å²) in [7, 11) is 0. The van der Waals surface area contributed by atoms with Crippen molar-refractivity contribution in [1.82, 2.24) is 0 Å². The Hall–Kier alpha value is -2.25. The van der Waals surface area contributed by atoms with Crippen LogP contribution in [0.4, 0.5) is 13.2 Å². The Morgan fingerprint density at radius 2 is 1.81 bits per heavy atom. The Kier molecular flexibility index (Phi) is 7.50. The SMILES string of the molecule is C/C(Cl)=C\CO/N=C1C=C/C(=N\OCc2ccc(C(F)(F)F)cc2)C=C\1Cl. The first-order valence-corrected chi connectivity index (χ1v) is 8.45. The van der Waals surface area contributed by atoms with Crippen LogP contribution in [0.3, 0.4) is 0 Å². The number of oxime groups is 2. The minimum atomic E-state index is -4.36. The molecule has 0 saturated heterocycles. The monoisotopic (exact) mass is 418 g/mol. The summed E-state index contributed by atoms with van der Waals surface area (Å²) in [6.07, 6.45) is 2.02. The number of allylic oxidation sites excluding steroid dienone is 5. The smallest absolute Gasteiger partial charge is 0.391 e. The highest BCUT2D eigenvalue weighted by Crippen LogP contribution is 2.29. The molecular weight excluding hydrogens is 404 g/mol. The molecule has 0 bridgehead atoms. The second kappa shape index (κ2) is 9.62. The Morgan fingerprint density at radius 1 is 1.11 bits per heavy atom. The summed E-state index contributed by atoms with van der Waals surface area (Å²) >= 11 is 11.8. The third-order valence-corrected chi connectivity index (χ3v) is 3.67. The molecule has 1 aromatic rings. The Balaban J connectivity index is 1.89. The maximum Gasteiger partial charge on any atom is 0.416 e. The van der Waals surface area contributed by atoms with Crippen molar-refractivity contribution in [1.29, 1.82) is 0 Å². The van der Waals surface area contributed by atoms with Gasteiger partial charge in [0.1, 0.15) is 24.6 Å². The number of alkyl halides is 3. The standard InChI is InChI=1S/C18H15Cl2F3N2O2/c1-12(19)8-9-26-25-17-7-6-15(10-16(17)20)24-27-11-13-2-4-14(5-3-13)18(21,22)23/h2-8,10H,9,11H2,1H3/b12-8+,24-15+,25-17+. The average Bonchev–Trinajstić information content (AvgIpc) is 2.59. The fourth-order valence-electron chi connectivity index (χ4n) is 1.86. The zero-order valence-corrected chi connectivity index (χ0v) is 15.6. The van der Waals surface area contributed by atoms with Crippen molar-refractivity contribution in [2.75, 3.05) is 6.61 Å². The molecule has 0 amide bonds. The van der Waals surface area contributed by atoms with Gasteiger partial charge in [-0.25, -0.2) is 0 Å². The molecule has 0 fully saturated rings. The Labute approximate surface area is 164 Å². The van der Waals surface area contributed by atoms with Crippen molar-refractivity contribution in [2.24, 2.45) is 10.3 Å². The highest BCUT2D eigenvalue weighted by atomic mass is 35.5. The van der Waals surface area contributed by atoms with E-state index in [-0.39, 0.29) is 13.2 Å². The molecule has 4 nitrogen and oxygen atoms in total. The molecule has 0 aromatic heterocycles. The van der Waals surface area contributed by atoms with E-state index in [0.717, 1.165) is 12.1 Å². The molecule has 2 rings (SSSR count). The lowest BCUT2D eigenvalue weighted by Crippen LogP contribution is -2.06. The van der Waals surface area contributed by atoms with Gasteiger partial charge in [-0.2, -0.15) is 13.2 Å². The molecule has 0 radical (unpaired) electrons. The summed E-state index contributed by atoms with van der Waals surface area (Å²) in [4.78, 5) is 10.2. The first-order valence-electron chi connectivity index (χ1n) is 7.69. The highest BCUT2D eigenvalue weighted by Gasteiger charge is 2.29. The van der Waals surface area contributed by atoms with E-state index in [1.54, 1.807) is 25.2 Å². The van der Waals surface area contributed by atoms with Crippen molar-refractivity contribution in [2.45, 2.75) is 19.7 Å². The largest absolute Gasteiger partial charge is 0.416 e. The van der Waals surface area contributed by atoms with Crippen molar-refractivity contribution in [3.05, 3.63) is 69.8 Å². The minimum absolute atomic E-state index is 0.0229. The second-order valence-corrected chi connectivity index (χ2v) is 6.38. The first kappa shape index (κ1) is 21.1. The van der Waals surface area contributed by atoms with Crippen molar-refractivity contribution in [3.63, 3.8) is 0 Å². The molecule has 1 aromatic carbocycles. The van der Waals surface area contributed by atoms with Gasteiger partial charge in [0.05, 0.1) is 10.6 Å². The quantitative estimate of drug-likeness (QED) is 0.333. The number of rotatable bonds is 6. The van der Waals surface area contributed by atoms with Crippen LogP contribution in [0.2, 0.25) is 0 Å². The van der Waals surface area contributed by atoms with Gasteiger partial charge in [-0.15, -0.1) is 0 Å². The van der Waals surface area contributed by atoms with Crippen LogP contribution >= 0.6 is 23.2 Å². The maximum absolute atomic E-state index is 12.5. The van der Waals surface area contributed by atoms with Gasteiger partial charge in [0.2, 0.25) is 0 Å². The van der Waals surface area contributed by atoms with Gasteiger partial charge in [0.25, 0.3) is 0 Å². The summed E-state index contributed by atoms with van der Waals surface area (Å²) in [5.74, 6) is 0. The molecule has 144 valence electrons. The lowest BCUT2D eigenvalue weighted by molar-refractivity contribution is -0.137. The van der Waals surface area contributed by atoms with Gasteiger partial charge in [0.15, 0.2) is 0 Å². The normalized spacial score (nSPS) is 18.0. The molecular formula is C18H15Cl2F3N2O2. The Bertz CT molecular complexity index is 807. The molecule has 0 unspecified atom stereocenters. The third-order valence-electron chi connectivity index (χ3n) is 3.22. The fraction of sp³-hybridized carbons (Fsp3) is 0.222. The summed E-state index contributed by atoms with van der Waals surface area (Å²) in [5.41, 5.74) is 0.690. The zero-order valence-electron chi connectivity index (χ0n) is 14.1. The van der Waals surface area contributed by atoms with Gasteiger partial charge < -0.3 is 9.68 Å². The number of nitrogens with zero attached hydrogens (tertiary/aromatic N) is 2. The van der Waals surface area contributed by atoms with Crippen LogP contribution in [0.15, 0.2) is 68.9 Å². The molecule has 27 heavy (non-hydrogen) atoms. The lowest BCUT2D eigenvalue weighted by Gasteiger charge is -2.08. The summed E-state index contributed by atoms with van der Waals surface area (Å²) in [6.45, 7) is 1.96. The molecule has 0 heterocycles. The van der Waals surface area contributed by atoms with Crippen molar-refractivity contribution < 1.29 is 22.8 Å². The lowest BCUT2D eigenvalue weighted by atomic mass is 10.1. The van der Waals surface area contributed by atoms with Crippen molar-refractivity contribution >= 4 is 34.6 Å². The minimum Gasteiger partial charge on any atom is -0.391 e. The van der Waals surface area contributed by atoms with Gasteiger partial charge >= 0.3 is 6.18 Å². The molecule has 0 spiro atoms. The fourth-order valence-corrected chi connectivity index (χ4v) is 2.13. The van der Waals surface area contributed by atoms with E-state index in [1.165, 1.54) is 18.2 Å². The van der Waals surface area contributed by atoms with E-state index in [2.05, 4.69) is 10.3 Å². The number of halogens is 5. The van der Waals surface area contributed by atoms with Gasteiger partial charge in [-0.3, -0.25) is 0 Å². The highest BCUT2D eigenvalue weighted by molar-refractivity contribution is 6.48. The molecule has 9 heteroatoms. The molecule has 1 aliphatic rings. The van der Waals surface area contributed by atoms with Gasteiger partial charge in [0, 0.05) is 5.03 Å². The predicted octanol–water partition coefficient (Wildman–Crippen LogP) is 5.79. The van der Waals surface area contributed by atoms with E-state index in [1.807, 2.05) is 0 Å². The van der Waals surface area contributed by atoms with Gasteiger partial charge in [-0.1, -0.05) is 45.6 Å². The van der Waals surface area contributed by atoms with E-state index in [0.29, 0.717) is 27.1 Å². The van der Waals surface area contributed by atoms with Crippen LogP contribution in [0.5, 0.6) is 0 Å². The Morgan fingerprint density at radius 3 is 2.41 bits per heavy atom. The number of hydrogen-bond acceptors (Lipinski definition) is 4. The third kappa shape index (κ3) is 7.11. The summed E-state index contributed by atoms with van der Waals surface area (Å²) < 4.78 is 37.5. The molecule has 0 aliphatic heterocycles. The predicted molar refractivity (Wildman–Crippen MR) is 99.7 cm³/mol. The van der Waals surface area contributed by atoms with Crippen LogP contribution in [0, 0.1) is 0 Å². The second-order valence-electron chi connectivity index (χ2n) is 5.37. The van der Waals surface area contributed by atoms with E-state index >= 15 is 0 Å². The number of hydrogen-bond donors (Lipinski definition) is 0. The van der Waals surface area contributed by atoms with Crippen LogP contribution in [-0.4, -0.2) is 18.0 Å². The van der Waals surface area contributed by atoms with Crippen LogP contribution < -0.4 is 0 Å². The van der Waals surface area contributed by atoms with Crippen LogP contribution in [0.25, 0.3) is 0 Å². The molecule has 1 aliphatic carbocycles. The molecule has 0 N–H and O–H groups in total. The van der Waals surface area contributed by atoms with E-state index in [9.17, 15) is 13.2 Å². The first-order chi connectivity index (χ1) is 12.8. The van der Waals surface area contributed by atoms with Crippen molar-refractivity contribution in [3.8, 4) is 0 Å². The molecule has 0 saturated carbocycles. The van der Waals surface area contributed by atoms with Crippen LogP contribution in [0.1, 0.15) is 18.1 Å². The molecule has 0 atom stereocenters. The topological polar surface area (TPSA) is 43.2 Å². The summed E-state index contributed by atoms with van der Waals surface area (Å²) in [5, 5.41) is 8.64.